The Kier molecular flexibility index (Phi) is 2.46. The summed E-state index contributed by atoms with van der Waals surface area (Å²) in [6, 6.07) is 9.62. The van der Waals surface area contributed by atoms with Crippen molar-refractivity contribution >= 4 is 11.5 Å². The Bertz CT molecular complexity index is 499. The van der Waals surface area contributed by atoms with Crippen LogP contribution < -0.4 is 0 Å². The summed E-state index contributed by atoms with van der Waals surface area (Å²) in [6.07, 6.45) is 0. The second-order valence-electron chi connectivity index (χ2n) is 3.37. The average Bonchev–Trinajstić information content (AvgIpc) is 2.63. The fourth-order valence-corrected chi connectivity index (χ4v) is 1.70. The van der Waals surface area contributed by atoms with E-state index in [1.807, 2.05) is 35.6 Å². The lowest BCUT2D eigenvalue weighted by atomic mass is 10.3. The fraction of sp³-hybridized carbons (Fsp3) is 0.250. The van der Waals surface area contributed by atoms with Crippen LogP contribution in [0.2, 0.25) is 0 Å². The molecule has 0 atom stereocenters. The summed E-state index contributed by atoms with van der Waals surface area (Å²) < 4.78 is 6.89. The van der Waals surface area contributed by atoms with Gasteiger partial charge in [-0.1, -0.05) is 6.07 Å². The quantitative estimate of drug-likeness (QED) is 0.702. The lowest BCUT2D eigenvalue weighted by molar-refractivity contribution is 0.0518. The topological polar surface area (TPSA) is 30.7 Å². The SMILES string of the molecule is CCOC(=O)c1ccc2cccc(C)n12. The number of carbonyl (C=O) groups is 1. The molecule has 78 valence electrons. The van der Waals surface area contributed by atoms with E-state index in [4.69, 9.17) is 4.74 Å². The number of nitrogens with zero attached hydrogens (tertiary/aromatic N) is 1. The van der Waals surface area contributed by atoms with E-state index in [0.717, 1.165) is 11.2 Å². The van der Waals surface area contributed by atoms with E-state index in [-0.39, 0.29) is 5.97 Å². The number of esters is 1. The number of rotatable bonds is 2. The Balaban J connectivity index is 2.57. The summed E-state index contributed by atoms with van der Waals surface area (Å²) in [6.45, 7) is 4.17. The zero-order valence-corrected chi connectivity index (χ0v) is 8.86. The van der Waals surface area contributed by atoms with Gasteiger partial charge in [-0.15, -0.1) is 0 Å². The first-order valence-corrected chi connectivity index (χ1v) is 4.98. The molecule has 0 bridgehead atoms. The number of hydrogen-bond donors (Lipinski definition) is 0. The molecule has 0 N–H and O–H groups in total. The maximum absolute atomic E-state index is 11.6. The van der Waals surface area contributed by atoms with Crippen LogP contribution in [0.25, 0.3) is 5.52 Å². The third-order valence-electron chi connectivity index (χ3n) is 2.35. The van der Waals surface area contributed by atoms with Gasteiger partial charge in [0, 0.05) is 11.2 Å². The van der Waals surface area contributed by atoms with Gasteiger partial charge in [0.2, 0.25) is 0 Å². The Labute approximate surface area is 88.3 Å². The summed E-state index contributed by atoms with van der Waals surface area (Å²) in [7, 11) is 0. The van der Waals surface area contributed by atoms with Crippen molar-refractivity contribution in [2.24, 2.45) is 0 Å². The van der Waals surface area contributed by atoms with Gasteiger partial charge in [0.05, 0.1) is 6.61 Å². The normalized spacial score (nSPS) is 10.5. The van der Waals surface area contributed by atoms with Gasteiger partial charge in [0.15, 0.2) is 0 Å². The zero-order valence-electron chi connectivity index (χ0n) is 8.86. The minimum Gasteiger partial charge on any atom is -0.461 e. The minimum absolute atomic E-state index is 0.271. The number of hydrogen-bond acceptors (Lipinski definition) is 2. The first-order valence-electron chi connectivity index (χ1n) is 4.98. The summed E-state index contributed by atoms with van der Waals surface area (Å²) in [5.74, 6) is -0.271. The molecule has 2 aromatic rings. The van der Waals surface area contributed by atoms with Crippen LogP contribution in [0.15, 0.2) is 30.3 Å². The molecule has 0 aliphatic rings. The molecular weight excluding hydrogens is 190 g/mol. The highest BCUT2D eigenvalue weighted by atomic mass is 16.5. The summed E-state index contributed by atoms with van der Waals surface area (Å²) in [5.41, 5.74) is 2.63. The van der Waals surface area contributed by atoms with E-state index in [1.165, 1.54) is 0 Å². The maximum atomic E-state index is 11.6. The van der Waals surface area contributed by atoms with Crippen molar-refractivity contribution in [1.82, 2.24) is 4.40 Å². The van der Waals surface area contributed by atoms with Crippen LogP contribution >= 0.6 is 0 Å². The van der Waals surface area contributed by atoms with Crippen LogP contribution in [0, 0.1) is 6.92 Å². The lowest BCUT2D eigenvalue weighted by Gasteiger charge is -2.05. The maximum Gasteiger partial charge on any atom is 0.355 e. The van der Waals surface area contributed by atoms with Gasteiger partial charge in [0.25, 0.3) is 0 Å². The van der Waals surface area contributed by atoms with Gasteiger partial charge in [-0.2, -0.15) is 0 Å². The third kappa shape index (κ3) is 1.61. The van der Waals surface area contributed by atoms with Crippen molar-refractivity contribution < 1.29 is 9.53 Å². The predicted molar refractivity (Wildman–Crippen MR) is 58.1 cm³/mol. The van der Waals surface area contributed by atoms with Crippen molar-refractivity contribution in [3.63, 3.8) is 0 Å². The van der Waals surface area contributed by atoms with Crippen molar-refractivity contribution in [3.8, 4) is 0 Å². The first kappa shape index (κ1) is 9.77. The van der Waals surface area contributed by atoms with Crippen LogP contribution in [0.5, 0.6) is 0 Å². The van der Waals surface area contributed by atoms with Gasteiger partial charge in [-0.3, -0.25) is 0 Å². The molecule has 0 spiro atoms. The number of fused-ring (bicyclic) bond motifs is 1. The zero-order chi connectivity index (χ0) is 10.8. The lowest BCUT2D eigenvalue weighted by Crippen LogP contribution is -2.09. The standard InChI is InChI=1S/C12H13NO2/c1-3-15-12(14)11-8-7-10-6-4-5-9(2)13(10)11/h4-8H,3H2,1-2H3. The molecule has 0 amide bonds. The second-order valence-corrected chi connectivity index (χ2v) is 3.37. The van der Waals surface area contributed by atoms with Crippen molar-refractivity contribution in [2.45, 2.75) is 13.8 Å². The molecule has 0 aromatic carbocycles. The van der Waals surface area contributed by atoms with Crippen molar-refractivity contribution in [2.75, 3.05) is 6.61 Å². The summed E-state index contributed by atoms with van der Waals surface area (Å²) in [5, 5.41) is 0. The molecule has 2 heterocycles. The highest BCUT2D eigenvalue weighted by molar-refractivity contribution is 5.89. The van der Waals surface area contributed by atoms with E-state index in [0.29, 0.717) is 12.3 Å². The van der Waals surface area contributed by atoms with Crippen LogP contribution in [-0.4, -0.2) is 17.0 Å². The second kappa shape index (κ2) is 3.77. The van der Waals surface area contributed by atoms with E-state index in [1.54, 1.807) is 13.0 Å². The molecule has 2 aromatic heterocycles. The first-order chi connectivity index (χ1) is 7.24. The van der Waals surface area contributed by atoms with E-state index < -0.39 is 0 Å². The predicted octanol–water partition coefficient (Wildman–Crippen LogP) is 2.42. The highest BCUT2D eigenvalue weighted by Crippen LogP contribution is 2.13. The molecule has 2 rings (SSSR count). The van der Waals surface area contributed by atoms with Crippen molar-refractivity contribution in [3.05, 3.63) is 41.7 Å². The highest BCUT2D eigenvalue weighted by Gasteiger charge is 2.12. The Morgan fingerprint density at radius 3 is 2.87 bits per heavy atom. The molecule has 0 saturated carbocycles. The fourth-order valence-electron chi connectivity index (χ4n) is 1.70. The Morgan fingerprint density at radius 1 is 1.33 bits per heavy atom. The Hall–Kier alpha value is -1.77. The molecule has 3 heteroatoms. The third-order valence-corrected chi connectivity index (χ3v) is 2.35. The molecule has 0 unspecified atom stereocenters. The number of pyridine rings is 1. The molecule has 0 radical (unpaired) electrons. The van der Waals surface area contributed by atoms with Crippen LogP contribution in [0.1, 0.15) is 23.1 Å². The molecule has 0 aliphatic heterocycles. The van der Waals surface area contributed by atoms with E-state index in [9.17, 15) is 4.79 Å². The minimum atomic E-state index is -0.271. The summed E-state index contributed by atoms with van der Waals surface area (Å²) >= 11 is 0. The number of aryl methyl sites for hydroxylation is 1. The molecule has 0 aliphatic carbocycles. The molecule has 0 fully saturated rings. The monoisotopic (exact) mass is 203 g/mol. The summed E-state index contributed by atoms with van der Waals surface area (Å²) in [4.78, 5) is 11.6. The van der Waals surface area contributed by atoms with Crippen molar-refractivity contribution in [1.29, 1.82) is 0 Å². The van der Waals surface area contributed by atoms with Crippen LogP contribution in [0.4, 0.5) is 0 Å². The average molecular weight is 203 g/mol. The number of ether oxygens (including phenoxy) is 1. The van der Waals surface area contributed by atoms with Gasteiger partial charge in [-0.25, -0.2) is 4.79 Å². The van der Waals surface area contributed by atoms with E-state index in [2.05, 4.69) is 0 Å². The van der Waals surface area contributed by atoms with Gasteiger partial charge < -0.3 is 9.14 Å². The van der Waals surface area contributed by atoms with Crippen LogP contribution in [0.3, 0.4) is 0 Å². The van der Waals surface area contributed by atoms with Gasteiger partial charge in [0.1, 0.15) is 5.69 Å². The van der Waals surface area contributed by atoms with Gasteiger partial charge in [-0.05, 0) is 38.1 Å². The molecule has 15 heavy (non-hydrogen) atoms. The smallest absolute Gasteiger partial charge is 0.355 e. The Morgan fingerprint density at radius 2 is 2.13 bits per heavy atom. The largest absolute Gasteiger partial charge is 0.461 e. The molecular formula is C12H13NO2. The van der Waals surface area contributed by atoms with Gasteiger partial charge >= 0.3 is 5.97 Å². The molecule has 3 nitrogen and oxygen atoms in total. The number of carbonyl (C=O) groups excluding carboxylic acids is 1. The number of aromatic nitrogens is 1. The molecule has 0 saturated heterocycles. The van der Waals surface area contributed by atoms with E-state index >= 15 is 0 Å². The van der Waals surface area contributed by atoms with Crippen LogP contribution in [-0.2, 0) is 4.74 Å².